The van der Waals surface area contributed by atoms with Crippen LogP contribution >= 0.6 is 0 Å². The molecule has 1 aromatic rings. The van der Waals surface area contributed by atoms with Crippen molar-refractivity contribution in [3.05, 3.63) is 35.4 Å². The van der Waals surface area contributed by atoms with E-state index in [-0.39, 0.29) is 17.7 Å². The molecule has 0 aromatic heterocycles. The highest BCUT2D eigenvalue weighted by Crippen LogP contribution is 2.06. The second kappa shape index (κ2) is 12.2. The minimum Gasteiger partial charge on any atom is -0.465 e. The molecule has 0 atom stereocenters. The highest BCUT2D eigenvalue weighted by molar-refractivity contribution is 5.89. The number of hydrogen-bond acceptors (Lipinski definition) is 5. The van der Waals surface area contributed by atoms with Gasteiger partial charge in [-0.25, -0.2) is 10.2 Å². The van der Waals surface area contributed by atoms with Crippen LogP contribution in [-0.4, -0.2) is 42.9 Å². The van der Waals surface area contributed by atoms with Crippen molar-refractivity contribution in [3.8, 4) is 0 Å². The quantitative estimate of drug-likeness (QED) is 0.351. The van der Waals surface area contributed by atoms with E-state index < -0.39 is 0 Å². The Morgan fingerprint density at radius 2 is 1.77 bits per heavy atom. The SMILES string of the molecule is CCCCCC(=O)CCN(NCCc1ccc(C(=O)OC)cc1)C(C)=O. The second-order valence-corrected chi connectivity index (χ2v) is 6.26. The molecule has 0 fully saturated rings. The van der Waals surface area contributed by atoms with E-state index in [1.807, 2.05) is 12.1 Å². The van der Waals surface area contributed by atoms with Crippen LogP contribution in [-0.2, 0) is 20.7 Å². The summed E-state index contributed by atoms with van der Waals surface area (Å²) in [6.45, 7) is 4.55. The molecule has 1 N–H and O–H groups in total. The number of amides is 1. The Morgan fingerprint density at radius 1 is 1.08 bits per heavy atom. The number of carbonyl (C=O) groups is 3. The van der Waals surface area contributed by atoms with Gasteiger partial charge in [0.15, 0.2) is 0 Å². The highest BCUT2D eigenvalue weighted by atomic mass is 16.5. The molecular formula is C20H30N2O4. The molecule has 0 bridgehead atoms. The Bertz CT molecular complexity index is 584. The zero-order chi connectivity index (χ0) is 19.4. The van der Waals surface area contributed by atoms with Gasteiger partial charge >= 0.3 is 5.97 Å². The number of nitrogens with zero attached hydrogens (tertiary/aromatic N) is 1. The molecule has 1 amide bonds. The van der Waals surface area contributed by atoms with Gasteiger partial charge in [-0.2, -0.15) is 0 Å². The van der Waals surface area contributed by atoms with Gasteiger partial charge in [-0.1, -0.05) is 31.9 Å². The number of rotatable bonds is 12. The number of unbranched alkanes of at least 4 members (excludes halogenated alkanes) is 2. The van der Waals surface area contributed by atoms with Crippen LogP contribution in [0.15, 0.2) is 24.3 Å². The summed E-state index contributed by atoms with van der Waals surface area (Å²) in [4.78, 5) is 35.0. The summed E-state index contributed by atoms with van der Waals surface area (Å²) in [5.74, 6) is -0.265. The van der Waals surface area contributed by atoms with E-state index in [0.29, 0.717) is 37.9 Å². The molecular weight excluding hydrogens is 332 g/mol. The molecule has 0 heterocycles. The summed E-state index contributed by atoms with van der Waals surface area (Å²) in [6, 6.07) is 7.17. The van der Waals surface area contributed by atoms with Crippen LogP contribution in [0.4, 0.5) is 0 Å². The minimum atomic E-state index is -0.360. The molecule has 0 spiro atoms. The van der Waals surface area contributed by atoms with Crippen LogP contribution in [0.2, 0.25) is 0 Å². The van der Waals surface area contributed by atoms with Gasteiger partial charge < -0.3 is 4.74 Å². The summed E-state index contributed by atoms with van der Waals surface area (Å²) in [5.41, 5.74) is 4.63. The first kappa shape index (κ1) is 21.8. The average Bonchev–Trinajstić information content (AvgIpc) is 2.64. The number of benzene rings is 1. The van der Waals surface area contributed by atoms with Crippen molar-refractivity contribution in [1.82, 2.24) is 10.4 Å². The number of hydrazine groups is 1. The molecule has 0 aliphatic heterocycles. The standard InChI is InChI=1S/C20H30N2O4/c1-4-5-6-7-19(24)13-15-22(16(2)23)21-14-12-17-8-10-18(11-9-17)20(25)26-3/h8-11,21H,4-7,12-15H2,1-3H3. The number of methoxy groups -OCH3 is 1. The number of carbonyl (C=O) groups excluding carboxylic acids is 3. The lowest BCUT2D eigenvalue weighted by atomic mass is 10.1. The van der Waals surface area contributed by atoms with Crippen molar-refractivity contribution >= 4 is 17.7 Å². The third-order valence-electron chi connectivity index (χ3n) is 4.14. The van der Waals surface area contributed by atoms with Crippen molar-refractivity contribution in [3.63, 3.8) is 0 Å². The summed E-state index contributed by atoms with van der Waals surface area (Å²) in [5, 5.41) is 1.50. The molecule has 6 heteroatoms. The van der Waals surface area contributed by atoms with E-state index >= 15 is 0 Å². The molecule has 26 heavy (non-hydrogen) atoms. The van der Waals surface area contributed by atoms with Crippen LogP contribution in [0, 0.1) is 0 Å². The average molecular weight is 362 g/mol. The summed E-state index contributed by atoms with van der Waals surface area (Å²) < 4.78 is 4.67. The zero-order valence-electron chi connectivity index (χ0n) is 16.0. The van der Waals surface area contributed by atoms with Gasteiger partial charge in [0.25, 0.3) is 0 Å². The van der Waals surface area contributed by atoms with Crippen LogP contribution in [0.5, 0.6) is 0 Å². The predicted molar refractivity (Wildman–Crippen MR) is 101 cm³/mol. The fourth-order valence-electron chi connectivity index (χ4n) is 2.54. The van der Waals surface area contributed by atoms with Crippen molar-refractivity contribution in [2.75, 3.05) is 20.2 Å². The van der Waals surface area contributed by atoms with Gasteiger partial charge in [-0.15, -0.1) is 0 Å². The zero-order valence-corrected chi connectivity index (χ0v) is 16.0. The van der Waals surface area contributed by atoms with E-state index in [0.717, 1.165) is 24.8 Å². The molecule has 0 aliphatic rings. The molecule has 0 unspecified atom stereocenters. The highest BCUT2D eigenvalue weighted by Gasteiger charge is 2.11. The van der Waals surface area contributed by atoms with Crippen LogP contribution in [0.25, 0.3) is 0 Å². The molecule has 0 saturated heterocycles. The van der Waals surface area contributed by atoms with Crippen LogP contribution in [0.1, 0.15) is 61.9 Å². The maximum Gasteiger partial charge on any atom is 0.337 e. The van der Waals surface area contributed by atoms with E-state index in [9.17, 15) is 14.4 Å². The first-order chi connectivity index (χ1) is 12.5. The van der Waals surface area contributed by atoms with E-state index in [2.05, 4.69) is 17.1 Å². The molecule has 0 saturated carbocycles. The first-order valence-electron chi connectivity index (χ1n) is 9.18. The molecule has 1 rings (SSSR count). The third-order valence-corrected chi connectivity index (χ3v) is 4.14. The van der Waals surface area contributed by atoms with Gasteiger partial charge in [-0.05, 0) is 30.5 Å². The minimum absolute atomic E-state index is 0.104. The Labute approximate surface area is 155 Å². The van der Waals surface area contributed by atoms with Gasteiger partial charge in [0.05, 0.1) is 12.7 Å². The normalized spacial score (nSPS) is 10.4. The smallest absolute Gasteiger partial charge is 0.337 e. The van der Waals surface area contributed by atoms with Gasteiger partial charge in [0.1, 0.15) is 5.78 Å². The third kappa shape index (κ3) is 8.25. The van der Waals surface area contributed by atoms with E-state index in [1.165, 1.54) is 19.0 Å². The number of hydrogen-bond donors (Lipinski definition) is 1. The number of esters is 1. The monoisotopic (exact) mass is 362 g/mol. The Balaban J connectivity index is 2.38. The first-order valence-corrected chi connectivity index (χ1v) is 9.18. The second-order valence-electron chi connectivity index (χ2n) is 6.26. The topological polar surface area (TPSA) is 75.7 Å². The fraction of sp³-hybridized carbons (Fsp3) is 0.550. The summed E-state index contributed by atoms with van der Waals surface area (Å²) >= 11 is 0. The van der Waals surface area contributed by atoms with Crippen molar-refractivity contribution < 1.29 is 19.1 Å². The fourth-order valence-corrected chi connectivity index (χ4v) is 2.54. The largest absolute Gasteiger partial charge is 0.465 e. The van der Waals surface area contributed by atoms with E-state index in [1.54, 1.807) is 12.1 Å². The van der Waals surface area contributed by atoms with Crippen LogP contribution < -0.4 is 5.43 Å². The number of ketones is 1. The molecule has 1 aromatic carbocycles. The lowest BCUT2D eigenvalue weighted by molar-refractivity contribution is -0.132. The van der Waals surface area contributed by atoms with Crippen molar-refractivity contribution in [2.24, 2.45) is 0 Å². The maximum atomic E-state index is 11.8. The molecule has 144 valence electrons. The van der Waals surface area contributed by atoms with Gasteiger partial charge in [0.2, 0.25) is 5.91 Å². The predicted octanol–water partition coefficient (Wildman–Crippen LogP) is 2.91. The van der Waals surface area contributed by atoms with E-state index in [4.69, 9.17) is 0 Å². The lowest BCUT2D eigenvalue weighted by Gasteiger charge is -2.21. The number of ether oxygens (including phenoxy) is 1. The van der Waals surface area contributed by atoms with Gasteiger partial charge in [-0.3, -0.25) is 14.6 Å². The van der Waals surface area contributed by atoms with Crippen LogP contribution in [0.3, 0.4) is 0 Å². The Morgan fingerprint density at radius 3 is 2.35 bits per heavy atom. The summed E-state index contributed by atoms with van der Waals surface area (Å²) in [6.07, 6.45) is 4.75. The molecule has 6 nitrogen and oxygen atoms in total. The molecule has 0 aliphatic carbocycles. The van der Waals surface area contributed by atoms with Crippen molar-refractivity contribution in [1.29, 1.82) is 0 Å². The number of nitrogens with one attached hydrogen (secondary N) is 1. The number of Topliss-reactive ketones (excluding diaryl/α,β-unsaturated/α-hetero) is 1. The van der Waals surface area contributed by atoms with Crippen molar-refractivity contribution in [2.45, 2.75) is 52.4 Å². The summed E-state index contributed by atoms with van der Waals surface area (Å²) in [7, 11) is 1.35. The Hall–Kier alpha value is -2.21. The Kier molecular flexibility index (Phi) is 10.2. The lowest BCUT2D eigenvalue weighted by Crippen LogP contribution is -2.43. The molecule has 0 radical (unpaired) electrons. The van der Waals surface area contributed by atoms with Gasteiger partial charge in [0, 0.05) is 32.9 Å². The maximum absolute atomic E-state index is 11.8.